The molecular weight excluding hydrogens is 226 g/mol. The van der Waals surface area contributed by atoms with Gasteiger partial charge in [0.15, 0.2) is 0 Å². The number of hydrogen-bond acceptors (Lipinski definition) is 2. The molecule has 0 atom stereocenters. The van der Waals surface area contributed by atoms with Crippen LogP contribution in [-0.2, 0) is 9.53 Å². The molecule has 0 radical (unpaired) electrons. The van der Waals surface area contributed by atoms with Gasteiger partial charge in [-0.05, 0) is 37.0 Å². The van der Waals surface area contributed by atoms with Crippen molar-refractivity contribution in [1.82, 2.24) is 4.90 Å². The first kappa shape index (κ1) is 13.9. The first-order valence-electron chi connectivity index (χ1n) is 7.23. The molecule has 1 saturated carbocycles. The van der Waals surface area contributed by atoms with Crippen molar-refractivity contribution < 1.29 is 9.53 Å². The highest BCUT2D eigenvalue weighted by atomic mass is 16.5. The first-order valence-corrected chi connectivity index (χ1v) is 7.23. The smallest absolute Gasteiger partial charge is 0.225 e. The van der Waals surface area contributed by atoms with Crippen molar-refractivity contribution in [2.24, 2.45) is 17.3 Å². The number of hydrogen-bond donors (Lipinski definition) is 0. The summed E-state index contributed by atoms with van der Waals surface area (Å²) in [5.41, 5.74) is 0.395. The molecule has 0 N–H and O–H groups in total. The van der Waals surface area contributed by atoms with Gasteiger partial charge in [-0.2, -0.15) is 0 Å². The maximum Gasteiger partial charge on any atom is 0.225 e. The van der Waals surface area contributed by atoms with E-state index in [4.69, 9.17) is 4.74 Å². The highest BCUT2D eigenvalue weighted by Crippen LogP contribution is 2.40. The summed E-state index contributed by atoms with van der Waals surface area (Å²) in [6.07, 6.45) is 4.85. The summed E-state index contributed by atoms with van der Waals surface area (Å²) >= 11 is 0. The summed E-state index contributed by atoms with van der Waals surface area (Å²) in [5, 5.41) is 0. The molecule has 1 aliphatic heterocycles. The second kappa shape index (κ2) is 5.20. The third kappa shape index (κ3) is 2.87. The maximum atomic E-state index is 12.3. The number of carbonyl (C=O) groups excluding carboxylic acids is 1. The number of ether oxygens (including phenoxy) is 1. The number of amides is 1. The quantitative estimate of drug-likeness (QED) is 0.757. The van der Waals surface area contributed by atoms with E-state index < -0.39 is 0 Å². The molecule has 0 aromatic heterocycles. The fourth-order valence-corrected chi connectivity index (χ4v) is 3.23. The van der Waals surface area contributed by atoms with E-state index in [2.05, 4.69) is 20.8 Å². The summed E-state index contributed by atoms with van der Waals surface area (Å²) in [6, 6.07) is 0. The summed E-state index contributed by atoms with van der Waals surface area (Å²) in [7, 11) is 1.72. The van der Waals surface area contributed by atoms with Gasteiger partial charge in [-0.1, -0.05) is 20.8 Å². The van der Waals surface area contributed by atoms with Crippen molar-refractivity contribution in [3.63, 3.8) is 0 Å². The maximum absolute atomic E-state index is 12.3. The number of nitrogens with zero attached hydrogens (tertiary/aromatic N) is 1. The van der Waals surface area contributed by atoms with Crippen LogP contribution in [0.5, 0.6) is 0 Å². The highest BCUT2D eigenvalue weighted by molar-refractivity contribution is 5.79. The second-order valence-corrected chi connectivity index (χ2v) is 7.02. The molecule has 1 amide bonds. The minimum absolute atomic E-state index is 0.278. The van der Waals surface area contributed by atoms with Crippen molar-refractivity contribution in [3.8, 4) is 0 Å². The minimum Gasteiger partial charge on any atom is -0.378 e. The molecule has 104 valence electrons. The molecule has 1 aliphatic carbocycles. The van der Waals surface area contributed by atoms with Crippen LogP contribution in [0.4, 0.5) is 0 Å². The molecule has 2 rings (SSSR count). The molecule has 3 nitrogen and oxygen atoms in total. The standard InChI is InChI=1S/C15H27NO2/c1-15(2,3)12-7-5-11(6-8-12)14(17)16-9-13(10-16)18-4/h11-13H,5-10H2,1-4H3. The Labute approximate surface area is 111 Å². The third-order valence-corrected chi connectivity index (χ3v) is 4.79. The predicted molar refractivity (Wildman–Crippen MR) is 72.3 cm³/mol. The highest BCUT2D eigenvalue weighted by Gasteiger charge is 2.37. The van der Waals surface area contributed by atoms with Crippen LogP contribution in [0.3, 0.4) is 0 Å². The average molecular weight is 253 g/mol. The Morgan fingerprint density at radius 1 is 1.11 bits per heavy atom. The lowest BCUT2D eigenvalue weighted by Crippen LogP contribution is -2.56. The van der Waals surface area contributed by atoms with E-state index in [1.165, 1.54) is 12.8 Å². The van der Waals surface area contributed by atoms with Crippen LogP contribution < -0.4 is 0 Å². The lowest BCUT2D eigenvalue weighted by molar-refractivity contribution is -0.149. The van der Waals surface area contributed by atoms with Gasteiger partial charge in [0.2, 0.25) is 5.91 Å². The van der Waals surface area contributed by atoms with E-state index in [1.54, 1.807) is 7.11 Å². The second-order valence-electron chi connectivity index (χ2n) is 7.02. The SMILES string of the molecule is COC1CN(C(=O)C2CCC(C(C)(C)C)CC2)C1. The Hall–Kier alpha value is -0.570. The van der Waals surface area contributed by atoms with Crippen molar-refractivity contribution in [3.05, 3.63) is 0 Å². The van der Waals surface area contributed by atoms with Crippen LogP contribution in [0.25, 0.3) is 0 Å². The molecule has 0 unspecified atom stereocenters. The number of rotatable bonds is 2. The zero-order valence-electron chi connectivity index (χ0n) is 12.2. The molecule has 3 heteroatoms. The topological polar surface area (TPSA) is 29.5 Å². The molecule has 18 heavy (non-hydrogen) atoms. The first-order chi connectivity index (χ1) is 8.41. The Kier molecular flexibility index (Phi) is 4.00. The molecular formula is C15H27NO2. The van der Waals surface area contributed by atoms with Gasteiger partial charge in [0.25, 0.3) is 0 Å². The van der Waals surface area contributed by atoms with Gasteiger partial charge in [-0.15, -0.1) is 0 Å². The van der Waals surface area contributed by atoms with E-state index in [0.29, 0.717) is 11.3 Å². The van der Waals surface area contributed by atoms with E-state index >= 15 is 0 Å². The molecule has 0 aromatic rings. The van der Waals surface area contributed by atoms with Gasteiger partial charge in [0.05, 0.1) is 6.10 Å². The van der Waals surface area contributed by atoms with Gasteiger partial charge in [-0.3, -0.25) is 4.79 Å². The Morgan fingerprint density at radius 2 is 1.67 bits per heavy atom. The zero-order chi connectivity index (χ0) is 13.3. The lowest BCUT2D eigenvalue weighted by atomic mass is 9.69. The molecule has 0 bridgehead atoms. The van der Waals surface area contributed by atoms with Crippen molar-refractivity contribution in [2.45, 2.75) is 52.6 Å². The lowest BCUT2D eigenvalue weighted by Gasteiger charge is -2.42. The molecule has 1 heterocycles. The zero-order valence-corrected chi connectivity index (χ0v) is 12.2. The Balaban J connectivity index is 1.78. The van der Waals surface area contributed by atoms with Crippen LogP contribution in [0, 0.1) is 17.3 Å². The minimum atomic E-state index is 0.278. The number of methoxy groups -OCH3 is 1. The van der Waals surface area contributed by atoms with Gasteiger partial charge < -0.3 is 9.64 Å². The van der Waals surface area contributed by atoms with Crippen molar-refractivity contribution >= 4 is 5.91 Å². The van der Waals surface area contributed by atoms with Crippen LogP contribution in [0.2, 0.25) is 0 Å². The summed E-state index contributed by atoms with van der Waals surface area (Å²) in [4.78, 5) is 14.2. The molecule has 1 saturated heterocycles. The Bertz CT molecular complexity index is 294. The molecule has 0 aromatic carbocycles. The van der Waals surface area contributed by atoms with Gasteiger partial charge in [-0.25, -0.2) is 0 Å². The summed E-state index contributed by atoms with van der Waals surface area (Å²) < 4.78 is 5.22. The van der Waals surface area contributed by atoms with Crippen LogP contribution in [0.15, 0.2) is 0 Å². The van der Waals surface area contributed by atoms with Gasteiger partial charge in [0, 0.05) is 26.1 Å². The third-order valence-electron chi connectivity index (χ3n) is 4.79. The molecule has 2 aliphatic rings. The van der Waals surface area contributed by atoms with E-state index in [1.807, 2.05) is 4.90 Å². The normalized spacial score (nSPS) is 30.1. The van der Waals surface area contributed by atoms with Gasteiger partial charge >= 0.3 is 0 Å². The van der Waals surface area contributed by atoms with E-state index in [-0.39, 0.29) is 12.0 Å². The largest absolute Gasteiger partial charge is 0.378 e. The predicted octanol–water partition coefficient (Wildman–Crippen LogP) is 2.70. The summed E-state index contributed by atoms with van der Waals surface area (Å²) in [5.74, 6) is 1.43. The molecule has 0 spiro atoms. The van der Waals surface area contributed by atoms with Gasteiger partial charge in [0.1, 0.15) is 0 Å². The van der Waals surface area contributed by atoms with Crippen LogP contribution in [0.1, 0.15) is 46.5 Å². The molecule has 2 fully saturated rings. The number of likely N-dealkylation sites (tertiary alicyclic amines) is 1. The van der Waals surface area contributed by atoms with Crippen LogP contribution >= 0.6 is 0 Å². The fraction of sp³-hybridized carbons (Fsp3) is 0.933. The average Bonchev–Trinajstić information content (AvgIpc) is 2.26. The van der Waals surface area contributed by atoms with Crippen molar-refractivity contribution in [2.75, 3.05) is 20.2 Å². The van der Waals surface area contributed by atoms with Crippen LogP contribution in [-0.4, -0.2) is 37.1 Å². The number of carbonyl (C=O) groups is 1. The summed E-state index contributed by atoms with van der Waals surface area (Å²) in [6.45, 7) is 8.55. The monoisotopic (exact) mass is 253 g/mol. The van der Waals surface area contributed by atoms with Crippen molar-refractivity contribution in [1.29, 1.82) is 0 Å². The fourth-order valence-electron chi connectivity index (χ4n) is 3.23. The van der Waals surface area contributed by atoms with E-state index in [0.717, 1.165) is 31.8 Å². The Morgan fingerprint density at radius 3 is 2.11 bits per heavy atom. The van der Waals surface area contributed by atoms with E-state index in [9.17, 15) is 4.79 Å².